The lowest BCUT2D eigenvalue weighted by Gasteiger charge is -2.38. The van der Waals surface area contributed by atoms with Crippen molar-refractivity contribution < 1.29 is 15.0 Å². The topological polar surface area (TPSA) is 76.0 Å². The molecule has 1 aliphatic heterocycles. The number of aryl methyl sites for hydroxylation is 2. The molecule has 3 N–H and O–H groups in total. The van der Waals surface area contributed by atoms with Crippen molar-refractivity contribution >= 4 is 17.3 Å². The Morgan fingerprint density at radius 1 is 1.17 bits per heavy atom. The van der Waals surface area contributed by atoms with Crippen molar-refractivity contribution in [1.82, 2.24) is 4.90 Å². The van der Waals surface area contributed by atoms with Crippen molar-refractivity contribution in [3.05, 3.63) is 59.2 Å². The lowest BCUT2D eigenvalue weighted by Crippen LogP contribution is -2.46. The minimum absolute atomic E-state index is 0.0887. The lowest BCUT2D eigenvalue weighted by molar-refractivity contribution is 0.0506. The summed E-state index contributed by atoms with van der Waals surface area (Å²) >= 11 is 0. The van der Waals surface area contributed by atoms with E-state index in [1.165, 1.54) is 0 Å². The first-order valence-corrected chi connectivity index (χ1v) is 10.6. The SMILES string of the molecule is Cc1ccc(C(=O)Nc2ccc(N3CCC(N(C)CC(O)CO)CC3)cc2)c(C)c1. The fraction of sp³-hybridized carbons (Fsp3) is 0.458. The number of rotatable bonds is 7. The van der Waals surface area contributed by atoms with Crippen LogP contribution >= 0.6 is 0 Å². The highest BCUT2D eigenvalue weighted by Gasteiger charge is 2.23. The van der Waals surface area contributed by atoms with Gasteiger partial charge in [0.25, 0.3) is 5.91 Å². The average molecular weight is 412 g/mol. The maximum absolute atomic E-state index is 12.6. The number of amides is 1. The molecule has 2 aromatic carbocycles. The average Bonchev–Trinajstić information content (AvgIpc) is 2.74. The molecule has 30 heavy (non-hydrogen) atoms. The van der Waals surface area contributed by atoms with E-state index in [0.717, 1.165) is 48.4 Å². The number of nitrogens with zero attached hydrogens (tertiary/aromatic N) is 2. The highest BCUT2D eigenvalue weighted by molar-refractivity contribution is 6.05. The van der Waals surface area contributed by atoms with E-state index in [0.29, 0.717) is 18.2 Å². The van der Waals surface area contributed by atoms with Crippen molar-refractivity contribution in [3.63, 3.8) is 0 Å². The normalized spacial score (nSPS) is 16.0. The molecule has 0 radical (unpaired) electrons. The standard InChI is InChI=1S/C24H33N3O3/c1-17-4-9-23(18(2)14-17)24(30)25-19-5-7-21(8-6-19)27-12-10-20(11-13-27)26(3)15-22(29)16-28/h4-9,14,20,22,28-29H,10-13,15-16H2,1-3H3,(H,25,30). The second-order valence-corrected chi connectivity index (χ2v) is 8.31. The Labute approximate surface area is 179 Å². The third-order valence-corrected chi connectivity index (χ3v) is 5.91. The van der Waals surface area contributed by atoms with Gasteiger partial charge in [0.1, 0.15) is 0 Å². The molecule has 2 aromatic rings. The Balaban J connectivity index is 1.54. The Hall–Kier alpha value is -2.41. The van der Waals surface area contributed by atoms with Crippen LogP contribution in [0, 0.1) is 13.8 Å². The highest BCUT2D eigenvalue weighted by atomic mass is 16.3. The van der Waals surface area contributed by atoms with Gasteiger partial charge in [0, 0.05) is 42.6 Å². The van der Waals surface area contributed by atoms with Crippen LogP contribution in [0.15, 0.2) is 42.5 Å². The number of aliphatic hydroxyl groups excluding tert-OH is 2. The van der Waals surface area contributed by atoms with E-state index < -0.39 is 6.10 Å². The smallest absolute Gasteiger partial charge is 0.255 e. The summed E-state index contributed by atoms with van der Waals surface area (Å²) in [6.45, 7) is 6.16. The van der Waals surface area contributed by atoms with Crippen LogP contribution in [-0.4, -0.2) is 66.5 Å². The molecule has 6 heteroatoms. The minimum atomic E-state index is -0.681. The van der Waals surface area contributed by atoms with Gasteiger partial charge in [-0.05, 0) is 69.6 Å². The van der Waals surface area contributed by atoms with Crippen LogP contribution in [0.4, 0.5) is 11.4 Å². The Kier molecular flexibility index (Phi) is 7.48. The van der Waals surface area contributed by atoms with E-state index in [-0.39, 0.29) is 12.5 Å². The molecule has 1 heterocycles. The predicted molar refractivity (Wildman–Crippen MR) is 121 cm³/mol. The first kappa shape index (κ1) is 22.3. The molecular formula is C24H33N3O3. The van der Waals surface area contributed by atoms with Crippen LogP contribution < -0.4 is 10.2 Å². The molecule has 1 saturated heterocycles. The molecule has 1 fully saturated rings. The van der Waals surface area contributed by atoms with E-state index >= 15 is 0 Å². The van der Waals surface area contributed by atoms with Gasteiger partial charge >= 0.3 is 0 Å². The number of hydrogen-bond donors (Lipinski definition) is 3. The molecule has 1 aliphatic rings. The number of carbonyl (C=O) groups is 1. The van der Waals surface area contributed by atoms with E-state index in [2.05, 4.69) is 27.2 Å². The van der Waals surface area contributed by atoms with E-state index in [9.17, 15) is 9.90 Å². The van der Waals surface area contributed by atoms with Gasteiger partial charge < -0.3 is 25.3 Å². The number of anilines is 2. The van der Waals surface area contributed by atoms with Gasteiger partial charge in [-0.3, -0.25) is 4.79 Å². The van der Waals surface area contributed by atoms with Crippen molar-refractivity contribution in [2.24, 2.45) is 0 Å². The Morgan fingerprint density at radius 3 is 2.43 bits per heavy atom. The number of nitrogens with one attached hydrogen (secondary N) is 1. The zero-order chi connectivity index (χ0) is 21.7. The summed E-state index contributed by atoms with van der Waals surface area (Å²) in [6.07, 6.45) is 1.35. The van der Waals surface area contributed by atoms with Crippen LogP contribution in [0.5, 0.6) is 0 Å². The third kappa shape index (κ3) is 5.59. The Morgan fingerprint density at radius 2 is 1.83 bits per heavy atom. The first-order chi connectivity index (χ1) is 14.4. The van der Waals surface area contributed by atoms with Crippen molar-refractivity contribution in [2.75, 3.05) is 43.5 Å². The molecule has 162 valence electrons. The molecule has 0 aromatic heterocycles. The number of aliphatic hydroxyl groups is 2. The quantitative estimate of drug-likeness (QED) is 0.653. The van der Waals surface area contributed by atoms with Gasteiger partial charge in [-0.2, -0.15) is 0 Å². The number of carbonyl (C=O) groups excluding carboxylic acids is 1. The van der Waals surface area contributed by atoms with Crippen molar-refractivity contribution in [2.45, 2.75) is 38.8 Å². The molecule has 3 rings (SSSR count). The maximum Gasteiger partial charge on any atom is 0.255 e. The van der Waals surface area contributed by atoms with Gasteiger partial charge in [0.2, 0.25) is 0 Å². The number of likely N-dealkylation sites (N-methyl/N-ethyl adjacent to an activating group) is 1. The van der Waals surface area contributed by atoms with Gasteiger partial charge in [0.15, 0.2) is 0 Å². The van der Waals surface area contributed by atoms with Gasteiger partial charge in [-0.1, -0.05) is 17.7 Å². The lowest BCUT2D eigenvalue weighted by atomic mass is 10.0. The summed E-state index contributed by atoms with van der Waals surface area (Å²) in [5.41, 5.74) is 4.76. The molecule has 6 nitrogen and oxygen atoms in total. The summed E-state index contributed by atoms with van der Waals surface area (Å²) in [7, 11) is 2.01. The van der Waals surface area contributed by atoms with E-state index in [4.69, 9.17) is 5.11 Å². The fourth-order valence-corrected chi connectivity index (χ4v) is 4.13. The van der Waals surface area contributed by atoms with Crippen LogP contribution in [0.2, 0.25) is 0 Å². The summed E-state index contributed by atoms with van der Waals surface area (Å²) < 4.78 is 0. The molecule has 0 aliphatic carbocycles. The van der Waals surface area contributed by atoms with Crippen LogP contribution in [0.1, 0.15) is 34.3 Å². The van der Waals surface area contributed by atoms with Crippen LogP contribution in [0.3, 0.4) is 0 Å². The number of hydrogen-bond acceptors (Lipinski definition) is 5. The molecule has 0 spiro atoms. The monoisotopic (exact) mass is 411 g/mol. The maximum atomic E-state index is 12.6. The predicted octanol–water partition coefficient (Wildman–Crippen LogP) is 2.81. The summed E-state index contributed by atoms with van der Waals surface area (Å²) in [5, 5.41) is 21.7. The highest BCUT2D eigenvalue weighted by Crippen LogP contribution is 2.24. The molecule has 0 bridgehead atoms. The summed E-state index contributed by atoms with van der Waals surface area (Å²) in [6, 6.07) is 14.3. The number of piperidine rings is 1. The second-order valence-electron chi connectivity index (χ2n) is 8.31. The largest absolute Gasteiger partial charge is 0.394 e. The van der Waals surface area contributed by atoms with Gasteiger partial charge in [0.05, 0.1) is 12.7 Å². The zero-order valence-electron chi connectivity index (χ0n) is 18.1. The van der Waals surface area contributed by atoms with E-state index in [1.807, 2.05) is 51.2 Å². The number of benzene rings is 2. The van der Waals surface area contributed by atoms with Gasteiger partial charge in [-0.15, -0.1) is 0 Å². The summed E-state index contributed by atoms with van der Waals surface area (Å²) in [5.74, 6) is -0.0887. The molecule has 1 unspecified atom stereocenters. The van der Waals surface area contributed by atoms with Crippen molar-refractivity contribution in [3.8, 4) is 0 Å². The molecule has 0 saturated carbocycles. The van der Waals surface area contributed by atoms with Crippen LogP contribution in [-0.2, 0) is 0 Å². The Bertz CT molecular complexity index is 845. The fourth-order valence-electron chi connectivity index (χ4n) is 4.13. The van der Waals surface area contributed by atoms with Crippen LogP contribution in [0.25, 0.3) is 0 Å². The van der Waals surface area contributed by atoms with Crippen molar-refractivity contribution in [1.29, 1.82) is 0 Å². The zero-order valence-corrected chi connectivity index (χ0v) is 18.1. The van der Waals surface area contributed by atoms with E-state index in [1.54, 1.807) is 0 Å². The van der Waals surface area contributed by atoms with Gasteiger partial charge in [-0.25, -0.2) is 0 Å². The molecule has 1 amide bonds. The minimum Gasteiger partial charge on any atom is -0.394 e. The molecule has 1 atom stereocenters. The third-order valence-electron chi connectivity index (χ3n) is 5.91. The summed E-state index contributed by atoms with van der Waals surface area (Å²) in [4.78, 5) is 17.1. The molecular weight excluding hydrogens is 378 g/mol. The second kappa shape index (κ2) is 10.1. The first-order valence-electron chi connectivity index (χ1n) is 10.6.